The van der Waals surface area contributed by atoms with Crippen molar-refractivity contribution in [3.63, 3.8) is 0 Å². The SMILES string of the molecule is COC(=O)c1ccc(CNCc2noc(C)n2)c(Br)c1. The number of aromatic nitrogens is 2. The molecule has 1 heterocycles. The summed E-state index contributed by atoms with van der Waals surface area (Å²) in [6.45, 7) is 2.89. The molecular weight excluding hydrogens is 326 g/mol. The van der Waals surface area contributed by atoms with Crippen molar-refractivity contribution in [2.24, 2.45) is 0 Å². The third-order valence-electron chi connectivity index (χ3n) is 2.64. The molecule has 1 aromatic carbocycles. The Morgan fingerprint density at radius 2 is 2.25 bits per heavy atom. The van der Waals surface area contributed by atoms with Gasteiger partial charge in [0, 0.05) is 17.9 Å². The first-order chi connectivity index (χ1) is 9.60. The monoisotopic (exact) mass is 339 g/mol. The quantitative estimate of drug-likeness (QED) is 0.841. The minimum atomic E-state index is -0.354. The highest BCUT2D eigenvalue weighted by Gasteiger charge is 2.08. The highest BCUT2D eigenvalue weighted by atomic mass is 79.9. The molecule has 0 aliphatic carbocycles. The van der Waals surface area contributed by atoms with Crippen LogP contribution in [0.1, 0.15) is 27.6 Å². The standard InChI is InChI=1S/C13H14BrN3O3/c1-8-16-12(17-20-8)7-15-6-10-4-3-9(5-11(10)14)13(18)19-2/h3-5,15H,6-7H2,1-2H3. The van der Waals surface area contributed by atoms with Gasteiger partial charge < -0.3 is 14.6 Å². The summed E-state index contributed by atoms with van der Waals surface area (Å²) in [5, 5.41) is 7.00. The number of methoxy groups -OCH3 is 1. The largest absolute Gasteiger partial charge is 0.465 e. The number of carbonyl (C=O) groups excluding carboxylic acids is 1. The van der Waals surface area contributed by atoms with Crippen LogP contribution >= 0.6 is 15.9 Å². The smallest absolute Gasteiger partial charge is 0.337 e. The van der Waals surface area contributed by atoms with E-state index in [0.717, 1.165) is 10.0 Å². The van der Waals surface area contributed by atoms with Crippen LogP contribution in [0.5, 0.6) is 0 Å². The Labute approximate surface area is 124 Å². The molecular formula is C13H14BrN3O3. The third kappa shape index (κ3) is 3.64. The zero-order chi connectivity index (χ0) is 14.5. The fourth-order valence-electron chi connectivity index (χ4n) is 1.66. The summed E-state index contributed by atoms with van der Waals surface area (Å²) in [7, 11) is 1.36. The Hall–Kier alpha value is -1.73. The van der Waals surface area contributed by atoms with Crippen LogP contribution in [0, 0.1) is 6.92 Å². The van der Waals surface area contributed by atoms with E-state index in [1.54, 1.807) is 19.1 Å². The van der Waals surface area contributed by atoms with Gasteiger partial charge in [0.05, 0.1) is 19.2 Å². The number of aryl methyl sites for hydroxylation is 1. The van der Waals surface area contributed by atoms with Gasteiger partial charge in [0.1, 0.15) is 0 Å². The minimum Gasteiger partial charge on any atom is -0.465 e. The van der Waals surface area contributed by atoms with E-state index in [1.807, 2.05) is 6.07 Å². The van der Waals surface area contributed by atoms with Gasteiger partial charge in [0.25, 0.3) is 0 Å². The summed E-state index contributed by atoms with van der Waals surface area (Å²) in [5.41, 5.74) is 1.54. The number of halogens is 1. The summed E-state index contributed by atoms with van der Waals surface area (Å²) < 4.78 is 10.4. The molecule has 2 aromatic rings. The summed E-state index contributed by atoms with van der Waals surface area (Å²) in [6.07, 6.45) is 0. The van der Waals surface area contributed by atoms with Crippen molar-refractivity contribution in [1.82, 2.24) is 15.5 Å². The van der Waals surface area contributed by atoms with Gasteiger partial charge in [-0.05, 0) is 17.7 Å². The number of hydrogen-bond donors (Lipinski definition) is 1. The molecule has 0 radical (unpaired) electrons. The van der Waals surface area contributed by atoms with E-state index in [9.17, 15) is 4.79 Å². The van der Waals surface area contributed by atoms with Gasteiger partial charge in [0.15, 0.2) is 5.82 Å². The Morgan fingerprint density at radius 1 is 1.45 bits per heavy atom. The number of nitrogens with zero attached hydrogens (tertiary/aromatic N) is 2. The van der Waals surface area contributed by atoms with Crippen molar-refractivity contribution in [3.05, 3.63) is 45.5 Å². The summed E-state index contributed by atoms with van der Waals surface area (Å²) in [5.74, 6) is 0.808. The van der Waals surface area contributed by atoms with Crippen LogP contribution in [0.2, 0.25) is 0 Å². The topological polar surface area (TPSA) is 77.2 Å². The van der Waals surface area contributed by atoms with Crippen LogP contribution in [0.3, 0.4) is 0 Å². The number of carbonyl (C=O) groups is 1. The van der Waals surface area contributed by atoms with Crippen LogP contribution in [-0.2, 0) is 17.8 Å². The van der Waals surface area contributed by atoms with Crippen molar-refractivity contribution < 1.29 is 14.1 Å². The van der Waals surface area contributed by atoms with Crippen molar-refractivity contribution in [2.75, 3.05) is 7.11 Å². The number of benzene rings is 1. The lowest BCUT2D eigenvalue weighted by Gasteiger charge is -2.07. The van der Waals surface area contributed by atoms with Crippen molar-refractivity contribution in [2.45, 2.75) is 20.0 Å². The predicted molar refractivity (Wildman–Crippen MR) is 75.1 cm³/mol. The molecule has 1 N–H and O–H groups in total. The molecule has 20 heavy (non-hydrogen) atoms. The van der Waals surface area contributed by atoms with Crippen molar-refractivity contribution in [3.8, 4) is 0 Å². The molecule has 7 heteroatoms. The molecule has 0 amide bonds. The Balaban J connectivity index is 1.94. The molecule has 0 saturated carbocycles. The van der Waals surface area contributed by atoms with Gasteiger partial charge in [-0.1, -0.05) is 27.2 Å². The maximum atomic E-state index is 11.4. The van der Waals surface area contributed by atoms with Gasteiger partial charge in [-0.3, -0.25) is 0 Å². The lowest BCUT2D eigenvalue weighted by molar-refractivity contribution is 0.0600. The normalized spacial score (nSPS) is 10.6. The molecule has 0 unspecified atom stereocenters. The number of rotatable bonds is 5. The summed E-state index contributed by atoms with van der Waals surface area (Å²) >= 11 is 3.44. The van der Waals surface area contributed by atoms with E-state index in [-0.39, 0.29) is 5.97 Å². The molecule has 0 aliphatic rings. The average molecular weight is 340 g/mol. The Bertz CT molecular complexity index is 613. The van der Waals surface area contributed by atoms with E-state index in [0.29, 0.717) is 30.4 Å². The second-order valence-corrected chi connectivity index (χ2v) is 4.99. The van der Waals surface area contributed by atoms with Crippen LogP contribution in [-0.4, -0.2) is 23.2 Å². The predicted octanol–water partition coefficient (Wildman–Crippen LogP) is 2.22. The second kappa shape index (κ2) is 6.62. The average Bonchev–Trinajstić information content (AvgIpc) is 2.85. The first kappa shape index (κ1) is 14.7. The van der Waals surface area contributed by atoms with Gasteiger partial charge in [0.2, 0.25) is 5.89 Å². The summed E-state index contributed by atoms with van der Waals surface area (Å²) in [4.78, 5) is 15.5. The van der Waals surface area contributed by atoms with Gasteiger partial charge >= 0.3 is 5.97 Å². The summed E-state index contributed by atoms with van der Waals surface area (Å²) in [6, 6.07) is 5.33. The number of nitrogens with one attached hydrogen (secondary N) is 1. The molecule has 1 aromatic heterocycles. The maximum absolute atomic E-state index is 11.4. The van der Waals surface area contributed by atoms with Crippen molar-refractivity contribution in [1.29, 1.82) is 0 Å². The maximum Gasteiger partial charge on any atom is 0.337 e. The van der Waals surface area contributed by atoms with Crippen LogP contribution in [0.4, 0.5) is 0 Å². The third-order valence-corrected chi connectivity index (χ3v) is 3.38. The lowest BCUT2D eigenvalue weighted by atomic mass is 10.1. The van der Waals surface area contributed by atoms with Crippen LogP contribution < -0.4 is 5.32 Å². The first-order valence-corrected chi connectivity index (χ1v) is 6.76. The highest BCUT2D eigenvalue weighted by molar-refractivity contribution is 9.10. The molecule has 0 fully saturated rings. The molecule has 2 rings (SSSR count). The zero-order valence-electron chi connectivity index (χ0n) is 11.1. The Kier molecular flexibility index (Phi) is 4.86. The van der Waals surface area contributed by atoms with E-state index < -0.39 is 0 Å². The van der Waals surface area contributed by atoms with E-state index >= 15 is 0 Å². The first-order valence-electron chi connectivity index (χ1n) is 5.97. The van der Waals surface area contributed by atoms with E-state index in [2.05, 4.69) is 36.1 Å². The molecule has 0 bridgehead atoms. The lowest BCUT2D eigenvalue weighted by Crippen LogP contribution is -2.14. The molecule has 0 saturated heterocycles. The van der Waals surface area contributed by atoms with Crippen molar-refractivity contribution >= 4 is 21.9 Å². The number of hydrogen-bond acceptors (Lipinski definition) is 6. The molecule has 6 nitrogen and oxygen atoms in total. The number of ether oxygens (including phenoxy) is 1. The van der Waals surface area contributed by atoms with Gasteiger partial charge in [-0.15, -0.1) is 0 Å². The Morgan fingerprint density at radius 3 is 2.85 bits per heavy atom. The van der Waals surface area contributed by atoms with Crippen LogP contribution in [0.25, 0.3) is 0 Å². The highest BCUT2D eigenvalue weighted by Crippen LogP contribution is 2.19. The molecule has 0 spiro atoms. The fraction of sp³-hybridized carbons (Fsp3) is 0.308. The molecule has 106 valence electrons. The number of esters is 1. The second-order valence-electron chi connectivity index (χ2n) is 4.13. The fourth-order valence-corrected chi connectivity index (χ4v) is 2.18. The van der Waals surface area contributed by atoms with Crippen LogP contribution in [0.15, 0.2) is 27.2 Å². The van der Waals surface area contributed by atoms with Gasteiger partial charge in [-0.25, -0.2) is 4.79 Å². The zero-order valence-corrected chi connectivity index (χ0v) is 12.7. The van der Waals surface area contributed by atoms with E-state index in [4.69, 9.17) is 4.52 Å². The minimum absolute atomic E-state index is 0.354. The van der Waals surface area contributed by atoms with Gasteiger partial charge in [-0.2, -0.15) is 4.98 Å². The van der Waals surface area contributed by atoms with E-state index in [1.165, 1.54) is 7.11 Å². The molecule has 0 atom stereocenters. The molecule has 0 aliphatic heterocycles.